The van der Waals surface area contributed by atoms with Crippen LogP contribution in [-0.4, -0.2) is 23.0 Å². The average molecular weight is 249 g/mol. The molecule has 2 aromatic heterocycles. The van der Waals surface area contributed by atoms with Gasteiger partial charge in [-0.05, 0) is 11.4 Å². The van der Waals surface area contributed by atoms with Crippen LogP contribution in [0.15, 0.2) is 29.9 Å². The third-order valence-corrected chi connectivity index (χ3v) is 2.93. The molecular formula is C11H11N3O2S. The van der Waals surface area contributed by atoms with E-state index in [2.05, 4.69) is 20.0 Å². The summed E-state index contributed by atoms with van der Waals surface area (Å²) >= 11 is 1.65. The molecule has 0 aromatic carbocycles. The molecule has 0 saturated heterocycles. The summed E-state index contributed by atoms with van der Waals surface area (Å²) in [6, 6.07) is 4.01. The molecule has 0 unspecified atom stereocenters. The van der Waals surface area contributed by atoms with Gasteiger partial charge in [-0.25, -0.2) is 9.78 Å². The first-order valence-corrected chi connectivity index (χ1v) is 5.84. The van der Waals surface area contributed by atoms with Crippen LogP contribution in [0.25, 0.3) is 0 Å². The van der Waals surface area contributed by atoms with Crippen molar-refractivity contribution in [3.63, 3.8) is 0 Å². The number of nitrogens with zero attached hydrogens (tertiary/aromatic N) is 2. The number of esters is 1. The first-order valence-electron chi connectivity index (χ1n) is 4.96. The van der Waals surface area contributed by atoms with Crippen molar-refractivity contribution < 1.29 is 9.53 Å². The van der Waals surface area contributed by atoms with Gasteiger partial charge in [0.15, 0.2) is 5.69 Å². The van der Waals surface area contributed by atoms with Crippen molar-refractivity contribution in [1.29, 1.82) is 0 Å². The van der Waals surface area contributed by atoms with Gasteiger partial charge in [-0.2, -0.15) is 0 Å². The molecule has 17 heavy (non-hydrogen) atoms. The van der Waals surface area contributed by atoms with Crippen LogP contribution in [0.5, 0.6) is 0 Å². The lowest BCUT2D eigenvalue weighted by Crippen LogP contribution is -2.08. The molecule has 0 aliphatic heterocycles. The maximum absolute atomic E-state index is 11.2. The molecule has 2 heterocycles. The molecule has 2 rings (SSSR count). The molecule has 0 aliphatic carbocycles. The van der Waals surface area contributed by atoms with Crippen molar-refractivity contribution >= 4 is 23.1 Å². The minimum Gasteiger partial charge on any atom is -0.464 e. The van der Waals surface area contributed by atoms with Crippen molar-refractivity contribution in [3.8, 4) is 0 Å². The summed E-state index contributed by atoms with van der Waals surface area (Å²) in [6.07, 6.45) is 2.95. The van der Waals surface area contributed by atoms with Crippen LogP contribution in [0.4, 0.5) is 5.82 Å². The predicted octanol–water partition coefficient (Wildman–Crippen LogP) is 1.94. The first-order chi connectivity index (χ1) is 8.29. The smallest absolute Gasteiger partial charge is 0.358 e. The monoisotopic (exact) mass is 249 g/mol. The van der Waals surface area contributed by atoms with Crippen molar-refractivity contribution in [3.05, 3.63) is 40.5 Å². The van der Waals surface area contributed by atoms with E-state index in [9.17, 15) is 4.79 Å². The van der Waals surface area contributed by atoms with Gasteiger partial charge in [-0.1, -0.05) is 6.07 Å². The molecule has 0 aliphatic rings. The SMILES string of the molecule is COC(=O)c1cncc(NCc2cccs2)n1. The van der Waals surface area contributed by atoms with Crippen LogP contribution in [0.3, 0.4) is 0 Å². The number of carbonyl (C=O) groups is 1. The molecule has 0 saturated carbocycles. The van der Waals surface area contributed by atoms with E-state index in [0.29, 0.717) is 12.4 Å². The molecule has 0 radical (unpaired) electrons. The van der Waals surface area contributed by atoms with Gasteiger partial charge in [-0.15, -0.1) is 11.3 Å². The quantitative estimate of drug-likeness (QED) is 0.839. The second-order valence-electron chi connectivity index (χ2n) is 3.21. The zero-order valence-corrected chi connectivity index (χ0v) is 10.0. The van der Waals surface area contributed by atoms with Crippen LogP contribution < -0.4 is 5.32 Å². The summed E-state index contributed by atoms with van der Waals surface area (Å²) in [7, 11) is 1.32. The summed E-state index contributed by atoms with van der Waals surface area (Å²) < 4.78 is 4.57. The van der Waals surface area contributed by atoms with Crippen molar-refractivity contribution in [1.82, 2.24) is 9.97 Å². The Kier molecular flexibility index (Phi) is 3.66. The predicted molar refractivity (Wildman–Crippen MR) is 65.0 cm³/mol. The molecule has 88 valence electrons. The van der Waals surface area contributed by atoms with Gasteiger partial charge < -0.3 is 10.1 Å². The molecule has 5 nitrogen and oxygen atoms in total. The number of anilines is 1. The minimum atomic E-state index is -0.489. The molecule has 6 heteroatoms. The highest BCUT2D eigenvalue weighted by Crippen LogP contribution is 2.11. The lowest BCUT2D eigenvalue weighted by Gasteiger charge is -2.04. The molecule has 0 spiro atoms. The van der Waals surface area contributed by atoms with Crippen LogP contribution in [0.1, 0.15) is 15.4 Å². The molecule has 0 bridgehead atoms. The van der Waals surface area contributed by atoms with E-state index in [1.165, 1.54) is 18.2 Å². The van der Waals surface area contributed by atoms with Gasteiger partial charge in [0.05, 0.1) is 26.0 Å². The van der Waals surface area contributed by atoms with Crippen molar-refractivity contribution in [2.45, 2.75) is 6.54 Å². The maximum Gasteiger partial charge on any atom is 0.358 e. The number of nitrogens with one attached hydrogen (secondary N) is 1. The zero-order valence-electron chi connectivity index (χ0n) is 9.21. The Morgan fingerprint density at radius 2 is 2.41 bits per heavy atom. The number of ether oxygens (including phenoxy) is 1. The summed E-state index contributed by atoms with van der Waals surface area (Å²) in [5.74, 6) is 0.0681. The summed E-state index contributed by atoms with van der Waals surface area (Å²) in [5.41, 5.74) is 0.198. The van der Waals surface area contributed by atoms with Crippen LogP contribution in [0.2, 0.25) is 0 Å². The second-order valence-corrected chi connectivity index (χ2v) is 4.25. The van der Waals surface area contributed by atoms with Crippen LogP contribution >= 0.6 is 11.3 Å². The topological polar surface area (TPSA) is 64.1 Å². The standard InChI is InChI=1S/C11H11N3O2S/c1-16-11(15)9-6-12-7-10(14-9)13-5-8-3-2-4-17-8/h2-4,6-7H,5H2,1H3,(H,13,14). The maximum atomic E-state index is 11.2. The third kappa shape index (κ3) is 3.01. The van der Waals surface area contributed by atoms with Gasteiger partial charge >= 0.3 is 5.97 Å². The van der Waals surface area contributed by atoms with Gasteiger partial charge in [0.25, 0.3) is 0 Å². The Bertz CT molecular complexity index is 499. The highest BCUT2D eigenvalue weighted by molar-refractivity contribution is 7.09. The highest BCUT2D eigenvalue weighted by Gasteiger charge is 2.08. The molecule has 2 aromatic rings. The van der Waals surface area contributed by atoms with E-state index in [1.807, 2.05) is 17.5 Å². The normalized spacial score (nSPS) is 9.94. The number of hydrogen-bond acceptors (Lipinski definition) is 6. The summed E-state index contributed by atoms with van der Waals surface area (Å²) in [6.45, 7) is 0.664. The second kappa shape index (κ2) is 5.40. The van der Waals surface area contributed by atoms with Crippen LogP contribution in [0, 0.1) is 0 Å². The molecule has 0 amide bonds. The van der Waals surface area contributed by atoms with E-state index in [-0.39, 0.29) is 5.69 Å². The minimum absolute atomic E-state index is 0.198. The zero-order chi connectivity index (χ0) is 12.1. The largest absolute Gasteiger partial charge is 0.464 e. The van der Waals surface area contributed by atoms with Crippen molar-refractivity contribution in [2.75, 3.05) is 12.4 Å². The lowest BCUT2D eigenvalue weighted by molar-refractivity contribution is 0.0593. The lowest BCUT2D eigenvalue weighted by atomic mass is 10.4. The average Bonchev–Trinajstić information content (AvgIpc) is 2.89. The fraction of sp³-hybridized carbons (Fsp3) is 0.182. The van der Waals surface area contributed by atoms with Gasteiger partial charge in [0.2, 0.25) is 0 Å². The Morgan fingerprint density at radius 1 is 1.53 bits per heavy atom. The number of rotatable bonds is 4. The Labute approximate surface area is 102 Å². The fourth-order valence-electron chi connectivity index (χ4n) is 1.24. The van der Waals surface area contributed by atoms with E-state index >= 15 is 0 Å². The van der Waals surface area contributed by atoms with E-state index in [4.69, 9.17) is 0 Å². The van der Waals surface area contributed by atoms with Crippen LogP contribution in [-0.2, 0) is 11.3 Å². The number of aromatic nitrogens is 2. The highest BCUT2D eigenvalue weighted by atomic mass is 32.1. The first kappa shape index (κ1) is 11.5. The number of hydrogen-bond donors (Lipinski definition) is 1. The van der Waals surface area contributed by atoms with Gasteiger partial charge in [-0.3, -0.25) is 4.98 Å². The van der Waals surface area contributed by atoms with Crippen molar-refractivity contribution in [2.24, 2.45) is 0 Å². The Balaban J connectivity index is 2.03. The van der Waals surface area contributed by atoms with Gasteiger partial charge in [0, 0.05) is 4.88 Å². The molecular weight excluding hydrogens is 238 g/mol. The molecule has 0 atom stereocenters. The molecule has 1 N–H and O–H groups in total. The third-order valence-electron chi connectivity index (χ3n) is 2.05. The Morgan fingerprint density at radius 3 is 3.12 bits per heavy atom. The number of thiophene rings is 1. The Hall–Kier alpha value is -1.95. The number of carbonyl (C=O) groups excluding carboxylic acids is 1. The van der Waals surface area contributed by atoms with E-state index in [1.54, 1.807) is 17.5 Å². The fourth-order valence-corrected chi connectivity index (χ4v) is 1.89. The number of methoxy groups -OCH3 is 1. The van der Waals surface area contributed by atoms with E-state index in [0.717, 1.165) is 0 Å². The summed E-state index contributed by atoms with van der Waals surface area (Å²) in [5, 5.41) is 5.10. The van der Waals surface area contributed by atoms with E-state index < -0.39 is 5.97 Å². The van der Waals surface area contributed by atoms with Gasteiger partial charge in [0.1, 0.15) is 5.82 Å². The summed E-state index contributed by atoms with van der Waals surface area (Å²) in [4.78, 5) is 20.5. The molecule has 0 fully saturated rings.